The zero-order chi connectivity index (χ0) is 12.8. The van der Waals surface area contributed by atoms with Gasteiger partial charge in [0.25, 0.3) is 0 Å². The Balaban J connectivity index is 2.84. The van der Waals surface area contributed by atoms with E-state index in [1.807, 2.05) is 19.0 Å². The zero-order valence-electron chi connectivity index (χ0n) is 10.4. The molecule has 94 valence electrons. The Bertz CT molecular complexity index is 395. The predicted molar refractivity (Wildman–Crippen MR) is 67.4 cm³/mol. The summed E-state index contributed by atoms with van der Waals surface area (Å²) in [6.07, 6.45) is 2.57. The first-order valence-corrected chi connectivity index (χ1v) is 5.53. The molecule has 1 N–H and O–H groups in total. The summed E-state index contributed by atoms with van der Waals surface area (Å²) in [4.78, 5) is 16.5. The number of hydrogen-bond acceptors (Lipinski definition) is 5. The van der Waals surface area contributed by atoms with E-state index >= 15 is 0 Å². The van der Waals surface area contributed by atoms with Crippen molar-refractivity contribution in [2.24, 2.45) is 0 Å². The van der Waals surface area contributed by atoms with Gasteiger partial charge in [-0.15, -0.1) is 0 Å². The fourth-order valence-electron chi connectivity index (χ4n) is 1.57. The molecule has 6 nitrogen and oxygen atoms in total. The minimum absolute atomic E-state index is 0.0666. The Morgan fingerprint density at radius 2 is 2.29 bits per heavy atom. The van der Waals surface area contributed by atoms with Crippen molar-refractivity contribution in [2.75, 3.05) is 32.1 Å². The van der Waals surface area contributed by atoms with E-state index in [4.69, 9.17) is 0 Å². The molecular weight excluding hydrogens is 220 g/mol. The number of nitrogens with zero attached hydrogens (tertiary/aromatic N) is 3. The number of nitro groups is 1. The van der Waals surface area contributed by atoms with Crippen molar-refractivity contribution in [3.63, 3.8) is 0 Å². The predicted octanol–water partition coefficient (Wildman–Crippen LogP) is 1.34. The van der Waals surface area contributed by atoms with E-state index in [0.29, 0.717) is 5.82 Å². The van der Waals surface area contributed by atoms with Gasteiger partial charge in [-0.2, -0.15) is 0 Å². The van der Waals surface area contributed by atoms with Gasteiger partial charge in [0.05, 0.1) is 4.92 Å². The molecule has 0 saturated heterocycles. The van der Waals surface area contributed by atoms with E-state index in [2.05, 4.69) is 10.3 Å². The van der Waals surface area contributed by atoms with Gasteiger partial charge in [-0.3, -0.25) is 10.1 Å². The van der Waals surface area contributed by atoms with Gasteiger partial charge < -0.3 is 10.2 Å². The lowest BCUT2D eigenvalue weighted by atomic mass is 10.2. The summed E-state index contributed by atoms with van der Waals surface area (Å²) < 4.78 is 0. The van der Waals surface area contributed by atoms with Gasteiger partial charge in [0.1, 0.15) is 0 Å². The third-order valence-corrected chi connectivity index (χ3v) is 2.46. The Labute approximate surface area is 101 Å². The SMILES string of the molecule is CNCCCN(C)c1ncc(C)cc1[N+](=O)[O-]. The normalized spacial score (nSPS) is 10.3. The van der Waals surface area contributed by atoms with Crippen molar-refractivity contribution < 1.29 is 4.92 Å². The standard InChI is InChI=1S/C11H18N4O2/c1-9-7-10(15(16)17)11(13-8-9)14(3)6-4-5-12-2/h7-8,12H,4-6H2,1-3H3. The molecule has 6 heteroatoms. The third kappa shape index (κ3) is 3.67. The number of anilines is 1. The van der Waals surface area contributed by atoms with Gasteiger partial charge in [-0.05, 0) is 32.5 Å². The topological polar surface area (TPSA) is 71.3 Å². The van der Waals surface area contributed by atoms with Crippen molar-refractivity contribution in [1.29, 1.82) is 0 Å². The van der Waals surface area contributed by atoms with Crippen LogP contribution in [0.25, 0.3) is 0 Å². The smallest absolute Gasteiger partial charge is 0.311 e. The Morgan fingerprint density at radius 3 is 2.88 bits per heavy atom. The first kappa shape index (κ1) is 13.4. The van der Waals surface area contributed by atoms with Crippen molar-refractivity contribution in [2.45, 2.75) is 13.3 Å². The van der Waals surface area contributed by atoms with Crippen LogP contribution in [0.4, 0.5) is 11.5 Å². The van der Waals surface area contributed by atoms with Gasteiger partial charge in [-0.1, -0.05) is 0 Å². The maximum Gasteiger partial charge on any atom is 0.311 e. The summed E-state index contributed by atoms with van der Waals surface area (Å²) in [5, 5.41) is 14.0. The number of hydrogen-bond donors (Lipinski definition) is 1. The average Bonchev–Trinajstić information content (AvgIpc) is 2.29. The van der Waals surface area contributed by atoms with Crippen molar-refractivity contribution in [3.05, 3.63) is 27.9 Å². The molecule has 0 aromatic carbocycles. The molecule has 0 amide bonds. The summed E-state index contributed by atoms with van der Waals surface area (Å²) in [6.45, 7) is 3.41. The van der Waals surface area contributed by atoms with Crippen LogP contribution in [0.1, 0.15) is 12.0 Å². The van der Waals surface area contributed by atoms with E-state index in [1.165, 1.54) is 0 Å². The lowest BCUT2D eigenvalue weighted by Gasteiger charge is -2.17. The maximum atomic E-state index is 10.9. The fourth-order valence-corrected chi connectivity index (χ4v) is 1.57. The fraction of sp³-hybridized carbons (Fsp3) is 0.545. The van der Waals surface area contributed by atoms with Gasteiger partial charge in [0, 0.05) is 25.9 Å². The molecule has 1 aromatic heterocycles. The molecule has 0 spiro atoms. The highest BCUT2D eigenvalue weighted by molar-refractivity contribution is 5.57. The maximum absolute atomic E-state index is 10.9. The molecule has 1 heterocycles. The second-order valence-corrected chi connectivity index (χ2v) is 3.99. The lowest BCUT2D eigenvalue weighted by molar-refractivity contribution is -0.384. The molecule has 1 rings (SSSR count). The van der Waals surface area contributed by atoms with Crippen LogP contribution in [-0.4, -0.2) is 37.1 Å². The lowest BCUT2D eigenvalue weighted by Crippen LogP contribution is -2.23. The average molecular weight is 238 g/mol. The Morgan fingerprint density at radius 1 is 1.59 bits per heavy atom. The van der Waals surface area contributed by atoms with E-state index in [1.54, 1.807) is 19.2 Å². The van der Waals surface area contributed by atoms with Crippen LogP contribution in [0, 0.1) is 17.0 Å². The minimum Gasteiger partial charge on any atom is -0.354 e. The Hall–Kier alpha value is -1.69. The van der Waals surface area contributed by atoms with Crippen LogP contribution >= 0.6 is 0 Å². The second kappa shape index (κ2) is 6.15. The summed E-state index contributed by atoms with van der Waals surface area (Å²) in [5.41, 5.74) is 0.862. The Kier molecular flexibility index (Phi) is 4.84. The summed E-state index contributed by atoms with van der Waals surface area (Å²) in [6, 6.07) is 1.55. The first-order valence-electron chi connectivity index (χ1n) is 5.53. The van der Waals surface area contributed by atoms with Gasteiger partial charge in [0.2, 0.25) is 5.82 Å². The summed E-state index contributed by atoms with van der Waals surface area (Å²) in [5.74, 6) is 0.428. The van der Waals surface area contributed by atoms with Crippen LogP contribution in [-0.2, 0) is 0 Å². The van der Waals surface area contributed by atoms with Gasteiger partial charge >= 0.3 is 5.69 Å². The number of aryl methyl sites for hydroxylation is 1. The van der Waals surface area contributed by atoms with E-state index in [9.17, 15) is 10.1 Å². The molecule has 0 atom stereocenters. The van der Waals surface area contributed by atoms with E-state index in [-0.39, 0.29) is 10.6 Å². The molecule has 0 aliphatic rings. The molecule has 0 fully saturated rings. The monoisotopic (exact) mass is 238 g/mol. The second-order valence-electron chi connectivity index (χ2n) is 3.99. The molecule has 1 aromatic rings. The molecule has 0 aliphatic carbocycles. The number of rotatable bonds is 6. The third-order valence-electron chi connectivity index (χ3n) is 2.46. The molecule has 0 radical (unpaired) electrons. The zero-order valence-corrected chi connectivity index (χ0v) is 10.4. The molecule has 17 heavy (non-hydrogen) atoms. The number of aromatic nitrogens is 1. The van der Waals surface area contributed by atoms with Crippen LogP contribution in [0.3, 0.4) is 0 Å². The van der Waals surface area contributed by atoms with Gasteiger partial charge in [0.15, 0.2) is 0 Å². The highest BCUT2D eigenvalue weighted by Crippen LogP contribution is 2.25. The van der Waals surface area contributed by atoms with Crippen LogP contribution in [0.15, 0.2) is 12.3 Å². The van der Waals surface area contributed by atoms with E-state index < -0.39 is 0 Å². The van der Waals surface area contributed by atoms with Crippen molar-refractivity contribution in [3.8, 4) is 0 Å². The molecule has 0 aliphatic heterocycles. The van der Waals surface area contributed by atoms with Crippen LogP contribution < -0.4 is 10.2 Å². The minimum atomic E-state index is -0.385. The quantitative estimate of drug-likeness (QED) is 0.460. The molecule has 0 saturated carbocycles. The highest BCUT2D eigenvalue weighted by atomic mass is 16.6. The largest absolute Gasteiger partial charge is 0.354 e. The molecule has 0 unspecified atom stereocenters. The van der Waals surface area contributed by atoms with E-state index in [0.717, 1.165) is 25.1 Å². The highest BCUT2D eigenvalue weighted by Gasteiger charge is 2.18. The van der Waals surface area contributed by atoms with Crippen molar-refractivity contribution >= 4 is 11.5 Å². The molecular formula is C11H18N4O2. The molecule has 0 bridgehead atoms. The van der Waals surface area contributed by atoms with Crippen molar-refractivity contribution in [1.82, 2.24) is 10.3 Å². The number of nitrogens with one attached hydrogen (secondary N) is 1. The van der Waals surface area contributed by atoms with Crippen LogP contribution in [0.5, 0.6) is 0 Å². The first-order chi connectivity index (χ1) is 8.06. The van der Waals surface area contributed by atoms with Crippen LogP contribution in [0.2, 0.25) is 0 Å². The number of pyridine rings is 1. The van der Waals surface area contributed by atoms with Gasteiger partial charge in [-0.25, -0.2) is 4.98 Å². The summed E-state index contributed by atoms with van der Waals surface area (Å²) in [7, 11) is 3.70. The summed E-state index contributed by atoms with van der Waals surface area (Å²) >= 11 is 0.